The summed E-state index contributed by atoms with van der Waals surface area (Å²) in [5, 5.41) is 9.78. The van der Waals surface area contributed by atoms with Gasteiger partial charge in [-0.25, -0.2) is 0 Å². The second kappa shape index (κ2) is 5.90. The van der Waals surface area contributed by atoms with E-state index in [4.69, 9.17) is 16.7 Å². The Kier molecular flexibility index (Phi) is 4.81. The number of hydrogen-bond donors (Lipinski definition) is 1. The van der Waals surface area contributed by atoms with E-state index in [1.165, 1.54) is 0 Å². The number of carboxylic acids is 1. The van der Waals surface area contributed by atoms with E-state index >= 15 is 0 Å². The molecule has 0 aliphatic rings. The van der Waals surface area contributed by atoms with Gasteiger partial charge in [0, 0.05) is 5.02 Å². The van der Waals surface area contributed by atoms with Crippen LogP contribution in [0.3, 0.4) is 0 Å². The first-order chi connectivity index (χ1) is 7.50. The molecule has 2 nitrogen and oxygen atoms in total. The van der Waals surface area contributed by atoms with Crippen molar-refractivity contribution in [3.8, 4) is 0 Å². The number of rotatable bonds is 5. The van der Waals surface area contributed by atoms with Gasteiger partial charge in [-0.3, -0.25) is 4.79 Å². The number of halogens is 1. The Morgan fingerprint density at radius 3 is 2.50 bits per heavy atom. The Bertz CT molecular complexity index is 361. The van der Waals surface area contributed by atoms with Gasteiger partial charge in [0.1, 0.15) is 0 Å². The molecule has 1 rings (SSSR count). The quantitative estimate of drug-likeness (QED) is 0.853. The number of aliphatic carboxylic acids is 1. The average molecular weight is 241 g/mol. The Labute approximate surface area is 101 Å². The van der Waals surface area contributed by atoms with Crippen molar-refractivity contribution in [1.29, 1.82) is 0 Å². The zero-order chi connectivity index (χ0) is 12.1. The molecule has 0 saturated carbocycles. The van der Waals surface area contributed by atoms with Crippen LogP contribution in [-0.2, 0) is 11.2 Å². The van der Waals surface area contributed by atoms with E-state index in [0.29, 0.717) is 23.8 Å². The fourth-order valence-electron chi connectivity index (χ4n) is 1.77. The highest BCUT2D eigenvalue weighted by Crippen LogP contribution is 2.22. The fraction of sp³-hybridized carbons (Fsp3) is 0.462. The zero-order valence-corrected chi connectivity index (χ0v) is 10.4. The zero-order valence-electron chi connectivity index (χ0n) is 9.61. The Hall–Kier alpha value is -1.02. The van der Waals surface area contributed by atoms with Crippen LogP contribution < -0.4 is 0 Å². The van der Waals surface area contributed by atoms with Crippen molar-refractivity contribution < 1.29 is 9.90 Å². The lowest BCUT2D eigenvalue weighted by atomic mass is 9.91. The van der Waals surface area contributed by atoms with E-state index in [9.17, 15) is 4.79 Å². The molecule has 0 aromatic heterocycles. The summed E-state index contributed by atoms with van der Waals surface area (Å²) in [5.74, 6) is -0.711. The summed E-state index contributed by atoms with van der Waals surface area (Å²) in [7, 11) is 0. The number of carbonyl (C=O) groups is 1. The maximum atomic E-state index is 11.1. The molecule has 0 radical (unpaired) electrons. The molecule has 0 amide bonds. The standard InChI is InChI=1S/C13H17ClO2/c1-9(2)7-11(13(15)16)8-10-5-3-4-6-12(10)14/h3-6,9,11H,7-8H2,1-2H3,(H,15,16). The maximum absolute atomic E-state index is 11.1. The minimum absolute atomic E-state index is 0.347. The molecule has 1 atom stereocenters. The molecular formula is C13H17ClO2. The fourth-order valence-corrected chi connectivity index (χ4v) is 1.98. The molecule has 0 aliphatic carbocycles. The molecule has 1 N–H and O–H groups in total. The minimum Gasteiger partial charge on any atom is -0.481 e. The first kappa shape index (κ1) is 13.0. The van der Waals surface area contributed by atoms with Gasteiger partial charge in [-0.05, 0) is 30.4 Å². The lowest BCUT2D eigenvalue weighted by Crippen LogP contribution is -2.18. The molecule has 1 aromatic carbocycles. The second-order valence-corrected chi connectivity index (χ2v) is 4.87. The SMILES string of the molecule is CC(C)CC(Cc1ccccc1Cl)C(=O)O. The van der Waals surface area contributed by atoms with E-state index in [0.717, 1.165) is 5.56 Å². The van der Waals surface area contributed by atoms with Gasteiger partial charge in [-0.15, -0.1) is 0 Å². The van der Waals surface area contributed by atoms with Crippen molar-refractivity contribution in [2.75, 3.05) is 0 Å². The molecule has 0 bridgehead atoms. The summed E-state index contributed by atoms with van der Waals surface area (Å²) in [6.45, 7) is 4.06. The van der Waals surface area contributed by atoms with Gasteiger partial charge >= 0.3 is 5.97 Å². The van der Waals surface area contributed by atoms with Gasteiger partial charge in [-0.2, -0.15) is 0 Å². The Morgan fingerprint density at radius 2 is 2.00 bits per heavy atom. The first-order valence-electron chi connectivity index (χ1n) is 5.47. The molecule has 16 heavy (non-hydrogen) atoms. The van der Waals surface area contributed by atoms with Crippen LogP contribution in [0.5, 0.6) is 0 Å². The van der Waals surface area contributed by atoms with Crippen molar-refractivity contribution in [1.82, 2.24) is 0 Å². The van der Waals surface area contributed by atoms with E-state index in [1.54, 1.807) is 6.07 Å². The molecule has 1 unspecified atom stereocenters. The summed E-state index contributed by atoms with van der Waals surface area (Å²) >= 11 is 6.02. The van der Waals surface area contributed by atoms with E-state index in [-0.39, 0.29) is 5.92 Å². The normalized spacial score (nSPS) is 12.8. The summed E-state index contributed by atoms with van der Waals surface area (Å²) in [6.07, 6.45) is 1.19. The topological polar surface area (TPSA) is 37.3 Å². The molecule has 1 aromatic rings. The number of carboxylic acid groups (broad SMARTS) is 1. The predicted molar refractivity (Wildman–Crippen MR) is 65.7 cm³/mol. The number of hydrogen-bond acceptors (Lipinski definition) is 1. The van der Waals surface area contributed by atoms with E-state index in [1.807, 2.05) is 32.0 Å². The lowest BCUT2D eigenvalue weighted by Gasteiger charge is -2.15. The summed E-state index contributed by atoms with van der Waals surface area (Å²) in [4.78, 5) is 11.1. The molecule has 0 spiro atoms. The molecule has 0 fully saturated rings. The van der Waals surface area contributed by atoms with Crippen LogP contribution >= 0.6 is 11.6 Å². The summed E-state index contributed by atoms with van der Waals surface area (Å²) < 4.78 is 0. The Morgan fingerprint density at radius 1 is 1.38 bits per heavy atom. The van der Waals surface area contributed by atoms with E-state index in [2.05, 4.69) is 0 Å². The van der Waals surface area contributed by atoms with Gasteiger partial charge in [0.15, 0.2) is 0 Å². The molecule has 0 saturated heterocycles. The molecule has 0 heterocycles. The second-order valence-electron chi connectivity index (χ2n) is 4.46. The van der Waals surface area contributed by atoms with Crippen molar-refractivity contribution in [2.24, 2.45) is 11.8 Å². The predicted octanol–water partition coefficient (Wildman–Crippen LogP) is 3.63. The van der Waals surface area contributed by atoms with Crippen LogP contribution in [0.15, 0.2) is 24.3 Å². The van der Waals surface area contributed by atoms with Gasteiger partial charge in [-0.1, -0.05) is 43.6 Å². The first-order valence-corrected chi connectivity index (χ1v) is 5.84. The largest absolute Gasteiger partial charge is 0.481 e. The average Bonchev–Trinajstić information content (AvgIpc) is 2.19. The van der Waals surface area contributed by atoms with Crippen LogP contribution in [0.2, 0.25) is 5.02 Å². The third-order valence-corrected chi connectivity index (χ3v) is 2.90. The van der Waals surface area contributed by atoms with Crippen LogP contribution in [0.4, 0.5) is 0 Å². The van der Waals surface area contributed by atoms with Crippen LogP contribution in [0, 0.1) is 11.8 Å². The van der Waals surface area contributed by atoms with Crippen LogP contribution in [-0.4, -0.2) is 11.1 Å². The van der Waals surface area contributed by atoms with Crippen molar-refractivity contribution >= 4 is 17.6 Å². The minimum atomic E-state index is -0.742. The van der Waals surface area contributed by atoms with Crippen LogP contribution in [0.1, 0.15) is 25.8 Å². The third-order valence-electron chi connectivity index (χ3n) is 2.53. The van der Waals surface area contributed by atoms with Gasteiger partial charge in [0.2, 0.25) is 0 Å². The van der Waals surface area contributed by atoms with Gasteiger partial charge in [0.05, 0.1) is 5.92 Å². The van der Waals surface area contributed by atoms with Crippen molar-refractivity contribution in [3.63, 3.8) is 0 Å². The lowest BCUT2D eigenvalue weighted by molar-refractivity contribution is -0.142. The van der Waals surface area contributed by atoms with Crippen molar-refractivity contribution in [2.45, 2.75) is 26.7 Å². The smallest absolute Gasteiger partial charge is 0.306 e. The number of benzene rings is 1. The summed E-state index contributed by atoms with van der Waals surface area (Å²) in [6, 6.07) is 7.42. The molecule has 3 heteroatoms. The molecule has 0 aliphatic heterocycles. The maximum Gasteiger partial charge on any atom is 0.306 e. The van der Waals surface area contributed by atoms with E-state index < -0.39 is 5.97 Å². The van der Waals surface area contributed by atoms with Gasteiger partial charge in [0.25, 0.3) is 0 Å². The highest BCUT2D eigenvalue weighted by atomic mass is 35.5. The monoisotopic (exact) mass is 240 g/mol. The highest BCUT2D eigenvalue weighted by Gasteiger charge is 2.20. The summed E-state index contributed by atoms with van der Waals surface area (Å²) in [5.41, 5.74) is 0.914. The third kappa shape index (κ3) is 3.86. The molecule has 88 valence electrons. The molecular weight excluding hydrogens is 224 g/mol. The van der Waals surface area contributed by atoms with Crippen molar-refractivity contribution in [3.05, 3.63) is 34.9 Å². The Balaban J connectivity index is 2.76. The highest BCUT2D eigenvalue weighted by molar-refractivity contribution is 6.31. The van der Waals surface area contributed by atoms with Gasteiger partial charge < -0.3 is 5.11 Å². The van der Waals surface area contributed by atoms with Crippen LogP contribution in [0.25, 0.3) is 0 Å².